The summed E-state index contributed by atoms with van der Waals surface area (Å²) in [6.45, 7) is 0. The summed E-state index contributed by atoms with van der Waals surface area (Å²) in [6, 6.07) is 4.55. The van der Waals surface area contributed by atoms with Gasteiger partial charge in [-0.25, -0.2) is 17.5 Å². The number of benzene rings is 1. The van der Waals surface area contributed by atoms with E-state index in [1.807, 2.05) is 16.9 Å². The van der Waals surface area contributed by atoms with E-state index in [9.17, 15) is 17.6 Å². The predicted octanol–water partition coefficient (Wildman–Crippen LogP) is 1.99. The molecule has 1 N–H and O–H groups in total. The number of halogens is 1. The van der Waals surface area contributed by atoms with E-state index in [1.54, 1.807) is 0 Å². The van der Waals surface area contributed by atoms with Gasteiger partial charge in [0.15, 0.2) is 0 Å². The van der Waals surface area contributed by atoms with Crippen LogP contribution in [0.15, 0.2) is 41.3 Å². The summed E-state index contributed by atoms with van der Waals surface area (Å²) < 4.78 is 38.6. The van der Waals surface area contributed by atoms with E-state index < -0.39 is 21.7 Å². The molecule has 0 fully saturated rings. The van der Waals surface area contributed by atoms with Crippen LogP contribution in [0.3, 0.4) is 0 Å². The molecule has 1 aliphatic rings. The van der Waals surface area contributed by atoms with Crippen molar-refractivity contribution in [1.82, 2.24) is 4.72 Å². The van der Waals surface area contributed by atoms with Gasteiger partial charge in [0.25, 0.3) is 10.0 Å². The normalized spacial score (nSPS) is 18.5. The molecule has 1 aromatic carbocycles. The van der Waals surface area contributed by atoms with E-state index in [0.29, 0.717) is 0 Å². The standard InChI is InChI=1S/C13H14FNO3S/c14-11-6-3-7-12(9-11)19(17,18)15-13(16)8-10-4-1-2-5-10/h1,3-4,6-7,9-10H,2,5,8H2,(H,15,16)/t10-/m1/s1. The van der Waals surface area contributed by atoms with Crippen LogP contribution >= 0.6 is 0 Å². The average molecular weight is 283 g/mol. The zero-order valence-corrected chi connectivity index (χ0v) is 11.0. The molecular formula is C13H14FNO3S. The third-order valence-electron chi connectivity index (χ3n) is 2.91. The number of allylic oxidation sites excluding steroid dienone is 2. The number of nitrogens with one attached hydrogen (secondary N) is 1. The van der Waals surface area contributed by atoms with E-state index in [1.165, 1.54) is 12.1 Å². The molecular weight excluding hydrogens is 269 g/mol. The fraction of sp³-hybridized carbons (Fsp3) is 0.308. The first-order chi connectivity index (χ1) is 8.97. The molecule has 0 radical (unpaired) electrons. The summed E-state index contributed by atoms with van der Waals surface area (Å²) in [4.78, 5) is 11.4. The van der Waals surface area contributed by atoms with Crippen LogP contribution in [0.5, 0.6) is 0 Å². The maximum atomic E-state index is 13.0. The van der Waals surface area contributed by atoms with Crippen LogP contribution in [0.2, 0.25) is 0 Å². The van der Waals surface area contributed by atoms with E-state index in [4.69, 9.17) is 0 Å². The first-order valence-corrected chi connectivity index (χ1v) is 7.43. The van der Waals surface area contributed by atoms with Gasteiger partial charge >= 0.3 is 0 Å². The number of amides is 1. The molecule has 1 aromatic rings. The van der Waals surface area contributed by atoms with Crippen molar-refractivity contribution in [2.24, 2.45) is 5.92 Å². The Morgan fingerprint density at radius 1 is 1.42 bits per heavy atom. The van der Waals surface area contributed by atoms with Crippen LogP contribution in [-0.4, -0.2) is 14.3 Å². The van der Waals surface area contributed by atoms with Crippen LogP contribution < -0.4 is 4.72 Å². The highest BCUT2D eigenvalue weighted by atomic mass is 32.2. The van der Waals surface area contributed by atoms with Crippen molar-refractivity contribution < 1.29 is 17.6 Å². The second kappa shape index (κ2) is 5.52. The Balaban J connectivity index is 2.04. The maximum absolute atomic E-state index is 13.0. The molecule has 0 aromatic heterocycles. The van der Waals surface area contributed by atoms with Crippen molar-refractivity contribution in [2.45, 2.75) is 24.2 Å². The van der Waals surface area contributed by atoms with Crippen molar-refractivity contribution in [1.29, 1.82) is 0 Å². The van der Waals surface area contributed by atoms with Crippen LogP contribution in [0.25, 0.3) is 0 Å². The van der Waals surface area contributed by atoms with Crippen LogP contribution in [0, 0.1) is 11.7 Å². The molecule has 0 heterocycles. The van der Waals surface area contributed by atoms with Crippen molar-refractivity contribution >= 4 is 15.9 Å². The zero-order valence-electron chi connectivity index (χ0n) is 10.2. The van der Waals surface area contributed by atoms with E-state index >= 15 is 0 Å². The van der Waals surface area contributed by atoms with Gasteiger partial charge in [-0.3, -0.25) is 4.79 Å². The molecule has 1 aliphatic carbocycles. The van der Waals surface area contributed by atoms with Gasteiger partial charge in [-0.1, -0.05) is 18.2 Å². The Kier molecular flexibility index (Phi) is 3.99. The van der Waals surface area contributed by atoms with Crippen LogP contribution in [-0.2, 0) is 14.8 Å². The molecule has 1 atom stereocenters. The molecule has 19 heavy (non-hydrogen) atoms. The van der Waals surface area contributed by atoms with Gasteiger partial charge in [-0.2, -0.15) is 0 Å². The molecule has 0 saturated carbocycles. The number of hydrogen-bond acceptors (Lipinski definition) is 3. The van der Waals surface area contributed by atoms with Gasteiger partial charge < -0.3 is 0 Å². The van der Waals surface area contributed by atoms with Gasteiger partial charge in [0.1, 0.15) is 5.82 Å². The minimum atomic E-state index is -3.99. The summed E-state index contributed by atoms with van der Waals surface area (Å²) >= 11 is 0. The number of carbonyl (C=O) groups excluding carboxylic acids is 1. The number of rotatable bonds is 4. The Bertz CT molecular complexity index is 610. The quantitative estimate of drug-likeness (QED) is 0.859. The summed E-state index contributed by atoms with van der Waals surface area (Å²) in [7, 11) is -3.99. The predicted molar refractivity (Wildman–Crippen MR) is 68.2 cm³/mol. The van der Waals surface area contributed by atoms with E-state index in [0.717, 1.165) is 25.0 Å². The largest absolute Gasteiger partial charge is 0.274 e. The molecule has 6 heteroatoms. The lowest BCUT2D eigenvalue weighted by Gasteiger charge is -2.09. The summed E-state index contributed by atoms with van der Waals surface area (Å²) in [5, 5.41) is 0. The number of sulfonamides is 1. The Morgan fingerprint density at radius 3 is 2.84 bits per heavy atom. The van der Waals surface area contributed by atoms with Gasteiger partial charge in [0.05, 0.1) is 4.90 Å². The van der Waals surface area contributed by atoms with Crippen molar-refractivity contribution in [2.75, 3.05) is 0 Å². The third-order valence-corrected chi connectivity index (χ3v) is 4.29. The monoisotopic (exact) mass is 283 g/mol. The van der Waals surface area contributed by atoms with Crippen molar-refractivity contribution in [3.05, 3.63) is 42.2 Å². The molecule has 0 bridgehead atoms. The molecule has 0 saturated heterocycles. The Hall–Kier alpha value is -1.69. The highest BCUT2D eigenvalue weighted by Crippen LogP contribution is 2.20. The third kappa shape index (κ3) is 3.64. The van der Waals surface area contributed by atoms with E-state index in [-0.39, 0.29) is 17.2 Å². The highest BCUT2D eigenvalue weighted by Gasteiger charge is 2.20. The topological polar surface area (TPSA) is 63.2 Å². The first-order valence-electron chi connectivity index (χ1n) is 5.95. The lowest BCUT2D eigenvalue weighted by molar-refractivity contribution is -0.119. The minimum absolute atomic E-state index is 0.0858. The smallest absolute Gasteiger partial charge is 0.264 e. The summed E-state index contributed by atoms with van der Waals surface area (Å²) in [5.41, 5.74) is 0. The highest BCUT2D eigenvalue weighted by molar-refractivity contribution is 7.90. The SMILES string of the molecule is O=C(C[C@@H]1C=CCC1)NS(=O)(=O)c1cccc(F)c1. The molecule has 0 unspecified atom stereocenters. The minimum Gasteiger partial charge on any atom is -0.274 e. The van der Waals surface area contributed by atoms with Crippen LogP contribution in [0.1, 0.15) is 19.3 Å². The van der Waals surface area contributed by atoms with E-state index in [2.05, 4.69) is 0 Å². The lowest BCUT2D eigenvalue weighted by atomic mass is 10.1. The molecule has 1 amide bonds. The summed E-state index contributed by atoms with van der Waals surface area (Å²) in [5.74, 6) is -1.14. The Morgan fingerprint density at radius 2 is 2.21 bits per heavy atom. The second-order valence-corrected chi connectivity index (χ2v) is 6.14. The maximum Gasteiger partial charge on any atom is 0.264 e. The molecule has 0 spiro atoms. The average Bonchev–Trinajstić information content (AvgIpc) is 2.81. The fourth-order valence-electron chi connectivity index (χ4n) is 1.99. The van der Waals surface area contributed by atoms with Crippen molar-refractivity contribution in [3.63, 3.8) is 0 Å². The van der Waals surface area contributed by atoms with Gasteiger partial charge in [0, 0.05) is 6.42 Å². The lowest BCUT2D eigenvalue weighted by Crippen LogP contribution is -2.31. The fourth-order valence-corrected chi connectivity index (χ4v) is 3.01. The summed E-state index contributed by atoms with van der Waals surface area (Å²) in [6.07, 6.45) is 5.78. The molecule has 4 nitrogen and oxygen atoms in total. The van der Waals surface area contributed by atoms with Gasteiger partial charge in [-0.05, 0) is 37.0 Å². The first kappa shape index (κ1) is 13.7. The van der Waals surface area contributed by atoms with Crippen molar-refractivity contribution in [3.8, 4) is 0 Å². The molecule has 102 valence electrons. The Labute approximate surface area is 111 Å². The second-order valence-electron chi connectivity index (χ2n) is 4.46. The number of hydrogen-bond donors (Lipinski definition) is 1. The zero-order chi connectivity index (χ0) is 13.9. The van der Waals surface area contributed by atoms with Gasteiger partial charge in [0.2, 0.25) is 5.91 Å². The molecule has 0 aliphatic heterocycles. The van der Waals surface area contributed by atoms with Crippen LogP contribution in [0.4, 0.5) is 4.39 Å². The molecule has 2 rings (SSSR count). The number of carbonyl (C=O) groups is 1. The van der Waals surface area contributed by atoms with Gasteiger partial charge in [-0.15, -0.1) is 0 Å².